The van der Waals surface area contributed by atoms with Crippen LogP contribution in [0.4, 0.5) is 0 Å². The van der Waals surface area contributed by atoms with Crippen molar-refractivity contribution >= 4 is 23.2 Å². The molecule has 0 amide bonds. The van der Waals surface area contributed by atoms with Crippen molar-refractivity contribution in [3.63, 3.8) is 0 Å². The molecule has 1 unspecified atom stereocenters. The normalized spacial score (nSPS) is 13.1. The molecular weight excluding hydrogens is 169 g/mol. The average Bonchev–Trinajstić information content (AvgIpc) is 1.88. The van der Waals surface area contributed by atoms with Crippen molar-refractivity contribution < 1.29 is 0 Å². The summed E-state index contributed by atoms with van der Waals surface area (Å²) >= 11 is 11.2. The van der Waals surface area contributed by atoms with Gasteiger partial charge in [-0.15, -0.1) is 11.6 Å². The fraction of sp³-hybridized carbons (Fsp3) is 0.143. The highest BCUT2D eigenvalue weighted by Crippen LogP contribution is 2.16. The topological polar surface area (TPSA) is 26.0 Å². The van der Waals surface area contributed by atoms with Crippen molar-refractivity contribution in [3.05, 3.63) is 34.9 Å². The van der Waals surface area contributed by atoms with E-state index in [0.29, 0.717) is 5.02 Å². The fourth-order valence-corrected chi connectivity index (χ4v) is 0.918. The zero-order valence-corrected chi connectivity index (χ0v) is 6.73. The summed E-state index contributed by atoms with van der Waals surface area (Å²) in [6.07, 6.45) is 0. The van der Waals surface area contributed by atoms with Gasteiger partial charge in [-0.1, -0.05) is 23.7 Å². The maximum Gasteiger partial charge on any atom is 0.106 e. The lowest BCUT2D eigenvalue weighted by Gasteiger charge is -2.01. The maximum atomic E-state index is 5.63. The van der Waals surface area contributed by atoms with E-state index in [-0.39, 0.29) is 0 Å². The zero-order chi connectivity index (χ0) is 7.56. The first-order valence-corrected chi connectivity index (χ1v) is 3.66. The molecule has 10 heavy (non-hydrogen) atoms. The van der Waals surface area contributed by atoms with Gasteiger partial charge in [0.15, 0.2) is 0 Å². The quantitative estimate of drug-likeness (QED) is 0.516. The molecule has 1 nitrogen and oxygen atoms in total. The van der Waals surface area contributed by atoms with E-state index < -0.39 is 5.50 Å². The van der Waals surface area contributed by atoms with Gasteiger partial charge in [0, 0.05) is 5.02 Å². The van der Waals surface area contributed by atoms with E-state index in [1.807, 2.05) is 0 Å². The molecule has 0 aliphatic heterocycles. The van der Waals surface area contributed by atoms with Crippen LogP contribution in [0.5, 0.6) is 0 Å². The smallest absolute Gasteiger partial charge is 0.106 e. The standard InChI is InChI=1S/C7H7Cl2N/c8-6-3-1-5(2-4-6)7(9)10/h1-4,7H,10H2. The van der Waals surface area contributed by atoms with Gasteiger partial charge in [0.05, 0.1) is 0 Å². The first-order chi connectivity index (χ1) is 4.70. The lowest BCUT2D eigenvalue weighted by atomic mass is 10.2. The summed E-state index contributed by atoms with van der Waals surface area (Å²) in [5.41, 5.74) is 5.83. The summed E-state index contributed by atoms with van der Waals surface area (Å²) in [6.45, 7) is 0. The summed E-state index contributed by atoms with van der Waals surface area (Å²) in [7, 11) is 0. The molecule has 3 heteroatoms. The van der Waals surface area contributed by atoms with E-state index in [9.17, 15) is 0 Å². The predicted octanol–water partition coefficient (Wildman–Crippen LogP) is 2.54. The maximum absolute atomic E-state index is 5.63. The number of benzene rings is 1. The van der Waals surface area contributed by atoms with Crippen molar-refractivity contribution in [1.82, 2.24) is 0 Å². The molecule has 0 aliphatic rings. The molecule has 0 saturated heterocycles. The molecule has 2 N–H and O–H groups in total. The molecule has 1 atom stereocenters. The van der Waals surface area contributed by atoms with Crippen molar-refractivity contribution in [3.8, 4) is 0 Å². The molecule has 0 fully saturated rings. The summed E-state index contributed by atoms with van der Waals surface area (Å²) in [4.78, 5) is 0. The number of hydrogen-bond donors (Lipinski definition) is 1. The highest BCUT2D eigenvalue weighted by molar-refractivity contribution is 6.30. The number of nitrogens with two attached hydrogens (primary N) is 1. The van der Waals surface area contributed by atoms with Crippen molar-refractivity contribution in [1.29, 1.82) is 0 Å². The summed E-state index contributed by atoms with van der Waals surface area (Å²) in [5.74, 6) is 0. The third-order valence-corrected chi connectivity index (χ3v) is 1.69. The fourth-order valence-electron chi connectivity index (χ4n) is 0.647. The molecule has 0 spiro atoms. The van der Waals surface area contributed by atoms with Crippen LogP contribution in [0.3, 0.4) is 0 Å². The molecule has 0 saturated carbocycles. The summed E-state index contributed by atoms with van der Waals surface area (Å²) in [5, 5.41) is 0.695. The van der Waals surface area contributed by atoms with Gasteiger partial charge in [-0.05, 0) is 17.7 Å². The molecule has 0 aromatic heterocycles. The number of alkyl halides is 1. The van der Waals surface area contributed by atoms with Crippen LogP contribution in [-0.2, 0) is 0 Å². The first kappa shape index (κ1) is 7.86. The minimum atomic E-state index is -0.433. The van der Waals surface area contributed by atoms with E-state index in [1.54, 1.807) is 24.3 Å². The van der Waals surface area contributed by atoms with Gasteiger partial charge in [0.2, 0.25) is 0 Å². The predicted molar refractivity (Wildman–Crippen MR) is 44.2 cm³/mol. The van der Waals surface area contributed by atoms with Crippen LogP contribution in [0.1, 0.15) is 11.1 Å². The third kappa shape index (κ3) is 1.87. The molecule has 0 radical (unpaired) electrons. The largest absolute Gasteiger partial charge is 0.312 e. The van der Waals surface area contributed by atoms with Crippen LogP contribution < -0.4 is 5.73 Å². The summed E-state index contributed by atoms with van der Waals surface area (Å²) < 4.78 is 0. The lowest BCUT2D eigenvalue weighted by molar-refractivity contribution is 1.02. The Kier molecular flexibility index (Phi) is 2.55. The second kappa shape index (κ2) is 3.24. The molecule has 0 bridgehead atoms. The Labute approximate surface area is 69.7 Å². The number of halogens is 2. The third-order valence-electron chi connectivity index (χ3n) is 1.19. The van der Waals surface area contributed by atoms with E-state index in [2.05, 4.69) is 0 Å². The Hall–Kier alpha value is -0.240. The van der Waals surface area contributed by atoms with Crippen molar-refractivity contribution in [2.45, 2.75) is 5.50 Å². The van der Waals surface area contributed by atoms with Crippen LogP contribution >= 0.6 is 23.2 Å². The van der Waals surface area contributed by atoms with Crippen molar-refractivity contribution in [2.24, 2.45) is 5.73 Å². The Morgan fingerprint density at radius 3 is 2.10 bits per heavy atom. The van der Waals surface area contributed by atoms with Crippen LogP contribution in [0.2, 0.25) is 5.02 Å². The number of rotatable bonds is 1. The monoisotopic (exact) mass is 175 g/mol. The van der Waals surface area contributed by atoms with Gasteiger partial charge >= 0.3 is 0 Å². The van der Waals surface area contributed by atoms with Gasteiger partial charge < -0.3 is 5.73 Å². The van der Waals surface area contributed by atoms with Gasteiger partial charge in [-0.2, -0.15) is 0 Å². The second-order valence-corrected chi connectivity index (χ2v) is 2.86. The van der Waals surface area contributed by atoms with E-state index in [0.717, 1.165) is 5.56 Å². The highest BCUT2D eigenvalue weighted by atomic mass is 35.5. The minimum absolute atomic E-state index is 0.433. The van der Waals surface area contributed by atoms with Crippen LogP contribution in [0.25, 0.3) is 0 Å². The minimum Gasteiger partial charge on any atom is -0.312 e. The van der Waals surface area contributed by atoms with Gasteiger partial charge in [-0.3, -0.25) is 0 Å². The second-order valence-electron chi connectivity index (χ2n) is 1.95. The Balaban J connectivity index is 2.89. The van der Waals surface area contributed by atoms with E-state index in [4.69, 9.17) is 28.9 Å². The molecule has 1 aromatic rings. The van der Waals surface area contributed by atoms with E-state index >= 15 is 0 Å². The van der Waals surface area contributed by atoms with Crippen LogP contribution in [0.15, 0.2) is 24.3 Å². The SMILES string of the molecule is NC(Cl)c1ccc(Cl)cc1. The first-order valence-electron chi connectivity index (χ1n) is 2.85. The molecule has 0 heterocycles. The molecular formula is C7H7Cl2N. The van der Waals surface area contributed by atoms with Crippen LogP contribution in [0, 0.1) is 0 Å². The van der Waals surface area contributed by atoms with Crippen molar-refractivity contribution in [2.75, 3.05) is 0 Å². The van der Waals surface area contributed by atoms with Gasteiger partial charge in [0.25, 0.3) is 0 Å². The highest BCUT2D eigenvalue weighted by Gasteiger charge is 1.98. The van der Waals surface area contributed by atoms with Crippen LogP contribution in [-0.4, -0.2) is 0 Å². The Morgan fingerprint density at radius 1 is 1.20 bits per heavy atom. The van der Waals surface area contributed by atoms with Gasteiger partial charge in [0.1, 0.15) is 5.50 Å². The van der Waals surface area contributed by atoms with Gasteiger partial charge in [-0.25, -0.2) is 0 Å². The zero-order valence-electron chi connectivity index (χ0n) is 5.22. The summed E-state index contributed by atoms with van der Waals surface area (Å²) in [6, 6.07) is 7.14. The Bertz CT molecular complexity index is 205. The number of hydrogen-bond acceptors (Lipinski definition) is 1. The van der Waals surface area contributed by atoms with E-state index in [1.165, 1.54) is 0 Å². The average molecular weight is 176 g/mol. The molecule has 54 valence electrons. The molecule has 1 rings (SSSR count). The molecule has 0 aliphatic carbocycles. The lowest BCUT2D eigenvalue weighted by Crippen LogP contribution is -2.00. The molecule has 1 aromatic carbocycles. The Morgan fingerprint density at radius 2 is 1.70 bits per heavy atom.